The monoisotopic (exact) mass is 803 g/mol. The van der Waals surface area contributed by atoms with Crippen molar-refractivity contribution in [1.82, 2.24) is 9.13 Å². The van der Waals surface area contributed by atoms with E-state index in [0.717, 1.165) is 11.4 Å². The summed E-state index contributed by atoms with van der Waals surface area (Å²) in [6, 6.07) is 78.4. The minimum Gasteiger partial charge on any atom is -0.333 e. The van der Waals surface area contributed by atoms with E-state index in [1.54, 1.807) is 0 Å². The van der Waals surface area contributed by atoms with E-state index in [9.17, 15) is 0 Å². The first-order valence-electron chi connectivity index (χ1n) is 21.9. The van der Waals surface area contributed by atoms with Crippen molar-refractivity contribution in [3.8, 4) is 44.8 Å². The standard InChI is InChI=1S/C60H41N3/c1-7-19-55-49(13-1)50-14-2-8-20-56(50)61(55)46-31-25-40(26-32-46)43-37-44(41-27-33-47(34-28-41)62-57-21-9-3-15-51(57)52-16-4-10-22-58(52)62)39-45(38-43)42-29-35-48(36-30-42)63-59-23-11-5-17-53(59)54-18-6-12-24-60(54)63/h1-39,49,55H. The Morgan fingerprint density at radius 3 is 1.11 bits per heavy atom. The lowest BCUT2D eigenvalue weighted by atomic mass is 9.91. The van der Waals surface area contributed by atoms with Crippen molar-refractivity contribution in [2.75, 3.05) is 4.90 Å². The van der Waals surface area contributed by atoms with Crippen molar-refractivity contribution in [1.29, 1.82) is 0 Å². The summed E-state index contributed by atoms with van der Waals surface area (Å²) in [5, 5.41) is 5.08. The molecule has 1 aliphatic carbocycles. The fraction of sp³-hybridized carbons (Fsp3) is 0.0333. The van der Waals surface area contributed by atoms with Gasteiger partial charge in [0.25, 0.3) is 0 Å². The zero-order chi connectivity index (χ0) is 41.4. The molecule has 2 atom stereocenters. The molecule has 0 saturated heterocycles. The van der Waals surface area contributed by atoms with Crippen LogP contribution in [0.2, 0.25) is 0 Å². The number of rotatable bonds is 6. The van der Waals surface area contributed by atoms with Crippen LogP contribution in [-0.2, 0) is 0 Å². The van der Waals surface area contributed by atoms with Crippen molar-refractivity contribution in [2.45, 2.75) is 12.0 Å². The highest BCUT2D eigenvalue weighted by Gasteiger charge is 2.37. The van der Waals surface area contributed by atoms with Crippen LogP contribution < -0.4 is 4.90 Å². The fourth-order valence-corrected chi connectivity index (χ4v) is 10.5. The maximum absolute atomic E-state index is 2.50. The summed E-state index contributed by atoms with van der Waals surface area (Å²) in [6.07, 6.45) is 9.06. The van der Waals surface area contributed by atoms with E-state index < -0.39 is 0 Å². The van der Waals surface area contributed by atoms with Crippen LogP contribution in [0, 0.1) is 0 Å². The maximum atomic E-state index is 2.50. The highest BCUT2D eigenvalue weighted by molar-refractivity contribution is 6.10. The first kappa shape index (κ1) is 35.6. The molecule has 0 bridgehead atoms. The molecule has 0 radical (unpaired) electrons. The Balaban J connectivity index is 0.914. The quantitative estimate of drug-likeness (QED) is 0.163. The molecule has 63 heavy (non-hydrogen) atoms. The topological polar surface area (TPSA) is 13.1 Å². The zero-order valence-electron chi connectivity index (χ0n) is 34.5. The lowest BCUT2D eigenvalue weighted by Crippen LogP contribution is -2.28. The number of anilines is 2. The van der Waals surface area contributed by atoms with Gasteiger partial charge in [-0.1, -0.05) is 152 Å². The number of hydrogen-bond donors (Lipinski definition) is 0. The van der Waals surface area contributed by atoms with Crippen molar-refractivity contribution in [3.63, 3.8) is 0 Å². The third kappa shape index (κ3) is 5.67. The maximum Gasteiger partial charge on any atom is 0.0629 e. The summed E-state index contributed by atoms with van der Waals surface area (Å²) in [4.78, 5) is 2.50. The summed E-state index contributed by atoms with van der Waals surface area (Å²) in [5.74, 6) is 0.354. The van der Waals surface area contributed by atoms with Crippen LogP contribution in [0.3, 0.4) is 0 Å². The van der Waals surface area contributed by atoms with E-state index in [4.69, 9.17) is 0 Å². The van der Waals surface area contributed by atoms with Crippen LogP contribution in [0.25, 0.3) is 88.4 Å². The molecule has 296 valence electrons. The number of fused-ring (bicyclic) bond motifs is 9. The number of para-hydroxylation sites is 5. The molecule has 13 rings (SSSR count). The van der Waals surface area contributed by atoms with E-state index in [2.05, 4.69) is 251 Å². The number of nitrogens with zero attached hydrogens (tertiary/aromatic N) is 3. The molecule has 3 nitrogen and oxygen atoms in total. The molecule has 0 saturated carbocycles. The van der Waals surface area contributed by atoms with E-state index in [0.29, 0.717) is 5.92 Å². The molecule has 2 aromatic heterocycles. The highest BCUT2D eigenvalue weighted by Crippen LogP contribution is 2.48. The smallest absolute Gasteiger partial charge is 0.0629 e. The molecule has 1 aliphatic heterocycles. The summed E-state index contributed by atoms with van der Waals surface area (Å²) in [7, 11) is 0. The van der Waals surface area contributed by atoms with Gasteiger partial charge in [0.05, 0.1) is 28.1 Å². The summed E-state index contributed by atoms with van der Waals surface area (Å²) < 4.78 is 4.77. The van der Waals surface area contributed by atoms with E-state index in [-0.39, 0.29) is 6.04 Å². The van der Waals surface area contributed by atoms with Crippen molar-refractivity contribution >= 4 is 55.0 Å². The molecule has 2 unspecified atom stereocenters. The minimum atomic E-state index is 0.268. The number of allylic oxidation sites excluding steroid dienone is 2. The Hall–Kier alpha value is -8.14. The van der Waals surface area contributed by atoms with Gasteiger partial charge in [0.2, 0.25) is 0 Å². The van der Waals surface area contributed by atoms with E-state index in [1.807, 2.05) is 0 Å². The third-order valence-corrected chi connectivity index (χ3v) is 13.4. The van der Waals surface area contributed by atoms with Crippen LogP contribution >= 0.6 is 0 Å². The van der Waals surface area contributed by atoms with Gasteiger partial charge in [-0.25, -0.2) is 0 Å². The van der Waals surface area contributed by atoms with Gasteiger partial charge >= 0.3 is 0 Å². The summed E-state index contributed by atoms with van der Waals surface area (Å²) in [5.41, 5.74) is 18.1. The fourth-order valence-electron chi connectivity index (χ4n) is 10.5. The Morgan fingerprint density at radius 1 is 0.302 bits per heavy atom. The molecular formula is C60H41N3. The molecule has 11 aromatic rings. The SMILES string of the molecule is C1=CC2c3ccccc3N(c3ccc(-c4cc(-c5ccc(-n6c7ccccc7c7ccccc76)cc5)cc(-c5ccc(-n6c7ccccc7c7ccccc76)cc5)c4)cc3)C2C=C1. The van der Waals surface area contributed by atoms with E-state index >= 15 is 0 Å². The molecule has 0 amide bonds. The van der Waals surface area contributed by atoms with Crippen LogP contribution in [0.5, 0.6) is 0 Å². The Morgan fingerprint density at radius 2 is 0.667 bits per heavy atom. The van der Waals surface area contributed by atoms with Crippen LogP contribution in [-0.4, -0.2) is 15.2 Å². The molecule has 0 N–H and O–H groups in total. The van der Waals surface area contributed by atoms with Crippen LogP contribution in [0.15, 0.2) is 237 Å². The van der Waals surface area contributed by atoms with Gasteiger partial charge in [-0.2, -0.15) is 0 Å². The molecule has 9 aromatic carbocycles. The van der Waals surface area contributed by atoms with Gasteiger partial charge in [-0.15, -0.1) is 0 Å². The second-order valence-electron chi connectivity index (χ2n) is 16.9. The molecular weight excluding hydrogens is 763 g/mol. The van der Waals surface area contributed by atoms with Gasteiger partial charge in [0.1, 0.15) is 0 Å². The van der Waals surface area contributed by atoms with Gasteiger partial charge in [0, 0.05) is 50.2 Å². The predicted molar refractivity (Wildman–Crippen MR) is 265 cm³/mol. The molecule has 3 heterocycles. The number of benzene rings is 9. The summed E-state index contributed by atoms with van der Waals surface area (Å²) >= 11 is 0. The largest absolute Gasteiger partial charge is 0.333 e. The first-order valence-corrected chi connectivity index (χ1v) is 21.9. The van der Waals surface area contributed by atoms with Gasteiger partial charge < -0.3 is 14.0 Å². The average Bonchev–Trinajstić information content (AvgIpc) is 4.00. The van der Waals surface area contributed by atoms with Crippen LogP contribution in [0.4, 0.5) is 11.4 Å². The molecule has 2 aliphatic rings. The lowest BCUT2D eigenvalue weighted by molar-refractivity contribution is 0.745. The average molecular weight is 804 g/mol. The predicted octanol–water partition coefficient (Wildman–Crippen LogP) is 15.6. The van der Waals surface area contributed by atoms with Crippen molar-refractivity contribution in [2.24, 2.45) is 0 Å². The summed E-state index contributed by atoms with van der Waals surface area (Å²) in [6.45, 7) is 0. The number of hydrogen-bond acceptors (Lipinski definition) is 1. The second-order valence-corrected chi connectivity index (χ2v) is 16.9. The van der Waals surface area contributed by atoms with Gasteiger partial charge in [-0.05, 0) is 124 Å². The first-order chi connectivity index (χ1) is 31.2. The molecule has 3 heteroatoms. The Kier molecular flexibility index (Phi) is 8.04. The zero-order valence-corrected chi connectivity index (χ0v) is 34.5. The van der Waals surface area contributed by atoms with Crippen LogP contribution in [0.1, 0.15) is 11.5 Å². The van der Waals surface area contributed by atoms with Crippen molar-refractivity contribution in [3.05, 3.63) is 242 Å². The lowest BCUT2D eigenvalue weighted by Gasteiger charge is -2.28. The Bertz CT molecular complexity index is 3340. The normalized spacial score (nSPS) is 15.5. The van der Waals surface area contributed by atoms with Gasteiger partial charge in [0.15, 0.2) is 0 Å². The molecule has 0 fully saturated rings. The Labute approximate surface area is 366 Å². The second kappa shape index (κ2) is 14.2. The van der Waals surface area contributed by atoms with Crippen molar-refractivity contribution < 1.29 is 0 Å². The van der Waals surface area contributed by atoms with E-state index in [1.165, 1.54) is 93.9 Å². The third-order valence-electron chi connectivity index (χ3n) is 13.4. The minimum absolute atomic E-state index is 0.268. The number of aromatic nitrogens is 2. The molecule has 0 spiro atoms. The highest BCUT2D eigenvalue weighted by atomic mass is 15.2. The van der Waals surface area contributed by atoms with Gasteiger partial charge in [-0.3, -0.25) is 0 Å².